The summed E-state index contributed by atoms with van der Waals surface area (Å²) < 4.78 is 0. The largest absolute Gasteiger partial charge is 0.510 e. The summed E-state index contributed by atoms with van der Waals surface area (Å²) in [6, 6.07) is 0. The van der Waals surface area contributed by atoms with Gasteiger partial charge in [-0.05, 0) is 38.8 Å². The van der Waals surface area contributed by atoms with E-state index >= 15 is 0 Å². The molecule has 0 aromatic carbocycles. The van der Waals surface area contributed by atoms with Gasteiger partial charge in [-0.15, -0.1) is 0 Å². The zero-order valence-corrected chi connectivity index (χ0v) is 11.0. The third-order valence-corrected chi connectivity index (χ3v) is 2.58. The lowest BCUT2D eigenvalue weighted by atomic mass is 9.98. The van der Waals surface area contributed by atoms with Crippen LogP contribution in [0.25, 0.3) is 0 Å². The average Bonchev–Trinajstić information content (AvgIpc) is 2.32. The minimum absolute atomic E-state index is 0.370. The van der Waals surface area contributed by atoms with Crippen LogP contribution in [-0.2, 0) is 0 Å². The molecule has 0 fully saturated rings. The quantitative estimate of drug-likeness (QED) is 0.392. The Labute approximate surface area is 106 Å². The molecule has 0 saturated heterocycles. The number of aliphatic hydroxyl groups excluding tert-OH is 6. The van der Waals surface area contributed by atoms with E-state index in [0.29, 0.717) is 11.1 Å². The van der Waals surface area contributed by atoms with Crippen molar-refractivity contribution >= 4 is 0 Å². The Morgan fingerprint density at radius 2 is 0.833 bits per heavy atom. The van der Waals surface area contributed by atoms with Crippen molar-refractivity contribution in [1.82, 2.24) is 0 Å². The van der Waals surface area contributed by atoms with Crippen LogP contribution >= 0.6 is 0 Å². The number of rotatable bonds is 5. The highest BCUT2D eigenvalue weighted by molar-refractivity contribution is 5.13. The van der Waals surface area contributed by atoms with Crippen molar-refractivity contribution in [3.8, 4) is 0 Å². The van der Waals surface area contributed by atoms with Gasteiger partial charge in [-0.1, -0.05) is 0 Å². The number of aliphatic hydroxyl groups is 6. The van der Waals surface area contributed by atoms with Crippen LogP contribution in [0.3, 0.4) is 0 Å². The number of allylic oxidation sites excluding steroid dienone is 2. The second-order valence-corrected chi connectivity index (χ2v) is 4.64. The molecule has 0 aliphatic carbocycles. The predicted octanol–water partition coefficient (Wildman–Crippen LogP) is 0.134. The molecule has 106 valence electrons. The van der Waals surface area contributed by atoms with E-state index in [-0.39, 0.29) is 0 Å². The summed E-state index contributed by atoms with van der Waals surface area (Å²) in [6.07, 6.45) is -7.11. The van der Waals surface area contributed by atoms with Crippen molar-refractivity contribution < 1.29 is 30.6 Å². The molecule has 0 heterocycles. The second-order valence-electron chi connectivity index (χ2n) is 4.64. The molecular weight excluding hydrogens is 240 g/mol. The van der Waals surface area contributed by atoms with Crippen molar-refractivity contribution in [2.75, 3.05) is 0 Å². The fourth-order valence-corrected chi connectivity index (χ4v) is 1.29. The zero-order valence-electron chi connectivity index (χ0n) is 11.0. The first-order valence-corrected chi connectivity index (χ1v) is 5.56. The first kappa shape index (κ1) is 16.9. The van der Waals surface area contributed by atoms with Crippen LogP contribution in [0.2, 0.25) is 0 Å². The van der Waals surface area contributed by atoms with Crippen molar-refractivity contribution in [3.63, 3.8) is 0 Å². The fraction of sp³-hybridized carbons (Fsp3) is 0.667. The highest BCUT2D eigenvalue weighted by Gasteiger charge is 2.34. The van der Waals surface area contributed by atoms with Crippen molar-refractivity contribution in [1.29, 1.82) is 0 Å². The molecule has 6 nitrogen and oxygen atoms in total. The lowest BCUT2D eigenvalue weighted by Crippen LogP contribution is -2.46. The fourth-order valence-electron chi connectivity index (χ4n) is 1.29. The van der Waals surface area contributed by atoms with E-state index in [2.05, 4.69) is 0 Å². The third-order valence-electron chi connectivity index (χ3n) is 2.58. The molecule has 0 spiro atoms. The Balaban J connectivity index is 4.97. The topological polar surface area (TPSA) is 121 Å². The molecule has 4 atom stereocenters. The lowest BCUT2D eigenvalue weighted by molar-refractivity contribution is -0.101. The SMILES string of the molecule is CC(C)=C(O)[C@@H](O)[C@@H](O)[C@H](O)[C@H](O)C(O)=C(C)C. The Kier molecular flexibility index (Phi) is 6.34. The van der Waals surface area contributed by atoms with Crippen LogP contribution in [0, 0.1) is 0 Å². The minimum atomic E-state index is -1.82. The van der Waals surface area contributed by atoms with Crippen LogP contribution in [0.5, 0.6) is 0 Å². The standard InChI is InChI=1S/C12H22O6/c1-5(2)7(13)9(15)11(17)12(18)10(16)8(14)6(3)4/h9-18H,1-4H3/t9-,10-,11-,12-/m1/s1. The summed E-state index contributed by atoms with van der Waals surface area (Å²) in [5, 5.41) is 57.3. The van der Waals surface area contributed by atoms with Crippen LogP contribution in [0.1, 0.15) is 27.7 Å². The van der Waals surface area contributed by atoms with Crippen LogP contribution in [0.15, 0.2) is 22.7 Å². The zero-order chi connectivity index (χ0) is 14.6. The molecule has 18 heavy (non-hydrogen) atoms. The molecule has 0 rings (SSSR count). The van der Waals surface area contributed by atoms with Gasteiger partial charge in [-0.2, -0.15) is 0 Å². The summed E-state index contributed by atoms with van der Waals surface area (Å²) in [6.45, 7) is 6.06. The maximum atomic E-state index is 9.62. The summed E-state index contributed by atoms with van der Waals surface area (Å²) in [5.41, 5.74) is 0.740. The first-order valence-electron chi connectivity index (χ1n) is 5.56. The molecule has 6 N–H and O–H groups in total. The highest BCUT2D eigenvalue weighted by Crippen LogP contribution is 2.17. The molecule has 0 unspecified atom stereocenters. The smallest absolute Gasteiger partial charge is 0.139 e. The van der Waals surface area contributed by atoms with Gasteiger partial charge in [0, 0.05) is 0 Å². The van der Waals surface area contributed by atoms with Gasteiger partial charge in [0.15, 0.2) is 0 Å². The molecule has 0 amide bonds. The van der Waals surface area contributed by atoms with E-state index in [0.717, 1.165) is 0 Å². The highest BCUT2D eigenvalue weighted by atomic mass is 16.4. The Bertz CT molecular complexity index is 304. The van der Waals surface area contributed by atoms with E-state index in [9.17, 15) is 30.6 Å². The second kappa shape index (κ2) is 6.75. The number of hydrogen-bond donors (Lipinski definition) is 6. The normalized spacial score (nSPS) is 17.6. The average molecular weight is 262 g/mol. The van der Waals surface area contributed by atoms with Gasteiger partial charge in [0.1, 0.15) is 35.9 Å². The van der Waals surface area contributed by atoms with Crippen LogP contribution in [0.4, 0.5) is 0 Å². The summed E-state index contributed by atoms with van der Waals surface area (Å²) >= 11 is 0. The van der Waals surface area contributed by atoms with Gasteiger partial charge in [0.2, 0.25) is 0 Å². The van der Waals surface area contributed by atoms with Crippen LogP contribution in [-0.4, -0.2) is 55.1 Å². The van der Waals surface area contributed by atoms with Gasteiger partial charge < -0.3 is 30.6 Å². The Morgan fingerprint density at radius 3 is 1.00 bits per heavy atom. The van der Waals surface area contributed by atoms with E-state index in [4.69, 9.17) is 0 Å². The molecule has 0 aliphatic rings. The van der Waals surface area contributed by atoms with Crippen molar-refractivity contribution in [2.24, 2.45) is 0 Å². The molecule has 0 radical (unpaired) electrons. The summed E-state index contributed by atoms with van der Waals surface area (Å²) in [4.78, 5) is 0. The van der Waals surface area contributed by atoms with Gasteiger partial charge in [-0.25, -0.2) is 0 Å². The van der Waals surface area contributed by atoms with E-state index in [1.807, 2.05) is 0 Å². The van der Waals surface area contributed by atoms with E-state index in [1.54, 1.807) is 0 Å². The van der Waals surface area contributed by atoms with E-state index < -0.39 is 35.9 Å². The van der Waals surface area contributed by atoms with E-state index in [1.165, 1.54) is 27.7 Å². The van der Waals surface area contributed by atoms with Gasteiger partial charge in [0.05, 0.1) is 0 Å². The molecule has 0 aliphatic heterocycles. The predicted molar refractivity (Wildman–Crippen MR) is 66.0 cm³/mol. The van der Waals surface area contributed by atoms with Gasteiger partial charge in [0.25, 0.3) is 0 Å². The lowest BCUT2D eigenvalue weighted by Gasteiger charge is -2.26. The molecule has 0 aromatic heterocycles. The monoisotopic (exact) mass is 262 g/mol. The van der Waals surface area contributed by atoms with Gasteiger partial charge >= 0.3 is 0 Å². The molecule has 0 bridgehead atoms. The molecule has 0 saturated carbocycles. The third kappa shape index (κ3) is 3.99. The van der Waals surface area contributed by atoms with Crippen molar-refractivity contribution in [2.45, 2.75) is 52.1 Å². The molecule has 0 aromatic rings. The van der Waals surface area contributed by atoms with Crippen molar-refractivity contribution in [3.05, 3.63) is 22.7 Å². The molecule has 6 heteroatoms. The van der Waals surface area contributed by atoms with Crippen LogP contribution < -0.4 is 0 Å². The Hall–Kier alpha value is -1.08. The molecular formula is C12H22O6. The maximum Gasteiger partial charge on any atom is 0.139 e. The maximum absolute atomic E-state index is 9.62. The number of hydrogen-bond acceptors (Lipinski definition) is 6. The first-order chi connectivity index (χ1) is 8.11. The summed E-state index contributed by atoms with van der Waals surface area (Å²) in [7, 11) is 0. The summed E-state index contributed by atoms with van der Waals surface area (Å²) in [5.74, 6) is -0.962. The minimum Gasteiger partial charge on any atom is -0.510 e. The van der Waals surface area contributed by atoms with Gasteiger partial charge in [-0.3, -0.25) is 0 Å². The Morgan fingerprint density at radius 1 is 0.611 bits per heavy atom.